The molecule has 6 nitrogen and oxygen atoms in total. The van der Waals surface area contributed by atoms with Crippen LogP contribution in [-0.4, -0.2) is 35.1 Å². The van der Waals surface area contributed by atoms with Crippen molar-refractivity contribution in [2.45, 2.75) is 20.3 Å². The van der Waals surface area contributed by atoms with Crippen molar-refractivity contribution < 1.29 is 19.1 Å². The number of carbonyl (C=O) groups excluding carboxylic acids is 2. The number of fused-ring (bicyclic) bond motifs is 1. The number of carbonyl (C=O) groups is 2. The molecule has 0 amide bonds. The highest BCUT2D eigenvalue weighted by Gasteiger charge is 2.19. The first-order chi connectivity index (χ1) is 10.1. The van der Waals surface area contributed by atoms with Gasteiger partial charge in [-0.05, 0) is 32.0 Å². The van der Waals surface area contributed by atoms with Crippen molar-refractivity contribution in [1.29, 1.82) is 0 Å². The third-order valence-corrected chi connectivity index (χ3v) is 3.01. The largest absolute Gasteiger partial charge is 0.466 e. The highest BCUT2D eigenvalue weighted by molar-refractivity contribution is 6.31. The Morgan fingerprint density at radius 2 is 1.95 bits per heavy atom. The summed E-state index contributed by atoms with van der Waals surface area (Å²) in [7, 11) is 0. The third-order valence-electron chi connectivity index (χ3n) is 2.78. The maximum atomic E-state index is 11.9. The lowest BCUT2D eigenvalue weighted by molar-refractivity contribution is -0.142. The fourth-order valence-electron chi connectivity index (χ4n) is 1.96. The number of halogens is 1. The van der Waals surface area contributed by atoms with Gasteiger partial charge in [-0.3, -0.25) is 4.79 Å². The number of hydrogen-bond acceptors (Lipinski definition) is 5. The molecule has 0 saturated carbocycles. The number of hydrogen-bond donors (Lipinski definition) is 0. The Bertz CT molecular complexity index is 681. The van der Waals surface area contributed by atoms with Gasteiger partial charge in [0, 0.05) is 10.4 Å². The molecule has 0 saturated heterocycles. The molecule has 0 N–H and O–H groups in total. The van der Waals surface area contributed by atoms with Crippen LogP contribution in [0.2, 0.25) is 5.02 Å². The van der Waals surface area contributed by atoms with Crippen molar-refractivity contribution >= 4 is 34.6 Å². The second-order valence-electron chi connectivity index (χ2n) is 4.20. The lowest BCUT2D eigenvalue weighted by atomic mass is 10.2. The Morgan fingerprint density at radius 1 is 1.24 bits per heavy atom. The summed E-state index contributed by atoms with van der Waals surface area (Å²) in [6.45, 7) is 3.96. The highest BCUT2D eigenvalue weighted by Crippen LogP contribution is 2.23. The molecule has 0 bridgehead atoms. The van der Waals surface area contributed by atoms with Crippen LogP contribution in [0.5, 0.6) is 0 Å². The van der Waals surface area contributed by atoms with Crippen LogP contribution in [-0.2, 0) is 20.7 Å². The molecular formula is C14H15ClN2O4. The zero-order chi connectivity index (χ0) is 15.4. The summed E-state index contributed by atoms with van der Waals surface area (Å²) in [5.41, 5.74) is 0.969. The van der Waals surface area contributed by atoms with Gasteiger partial charge in [0.05, 0.1) is 30.8 Å². The van der Waals surface area contributed by atoms with Crippen LogP contribution in [0, 0.1) is 0 Å². The van der Waals surface area contributed by atoms with Gasteiger partial charge in [-0.1, -0.05) is 11.6 Å². The lowest BCUT2D eigenvalue weighted by Crippen LogP contribution is -2.15. The molecule has 0 atom stereocenters. The molecule has 7 heteroatoms. The van der Waals surface area contributed by atoms with Crippen LogP contribution in [0.1, 0.15) is 19.5 Å². The van der Waals surface area contributed by atoms with Crippen LogP contribution >= 0.6 is 11.6 Å². The van der Waals surface area contributed by atoms with Gasteiger partial charge >= 0.3 is 12.1 Å². The number of nitrogens with zero attached hydrogens (tertiary/aromatic N) is 2. The first-order valence-corrected chi connectivity index (χ1v) is 6.94. The minimum atomic E-state index is -0.597. The van der Waals surface area contributed by atoms with Crippen molar-refractivity contribution in [3.8, 4) is 0 Å². The summed E-state index contributed by atoms with van der Waals surface area (Å²) in [6, 6.07) is 4.97. The Balaban J connectivity index is 2.47. The van der Waals surface area contributed by atoms with Gasteiger partial charge in [-0.25, -0.2) is 4.79 Å². The van der Waals surface area contributed by atoms with Gasteiger partial charge in [0.2, 0.25) is 0 Å². The van der Waals surface area contributed by atoms with E-state index in [4.69, 9.17) is 21.1 Å². The Kier molecular flexibility index (Phi) is 4.80. The van der Waals surface area contributed by atoms with Gasteiger partial charge in [0.1, 0.15) is 0 Å². The topological polar surface area (TPSA) is 70.4 Å². The molecule has 0 fully saturated rings. The quantitative estimate of drug-likeness (QED) is 0.812. The molecule has 0 aliphatic rings. The van der Waals surface area contributed by atoms with Gasteiger partial charge in [0.15, 0.2) is 0 Å². The molecule has 0 aliphatic carbocycles. The Labute approximate surface area is 126 Å². The predicted molar refractivity (Wildman–Crippen MR) is 77.5 cm³/mol. The molecule has 0 radical (unpaired) electrons. The SMILES string of the molecule is CCOC(=O)Cc1nn(C(=O)OCC)c2ccc(Cl)cc12. The molecule has 1 heterocycles. The summed E-state index contributed by atoms with van der Waals surface area (Å²) in [6.07, 6.45) is -0.628. The van der Waals surface area contributed by atoms with Crippen LogP contribution < -0.4 is 0 Å². The van der Waals surface area contributed by atoms with Gasteiger partial charge in [-0.2, -0.15) is 9.78 Å². The fourth-order valence-corrected chi connectivity index (χ4v) is 2.13. The molecule has 2 aromatic rings. The molecule has 21 heavy (non-hydrogen) atoms. The number of esters is 1. The zero-order valence-corrected chi connectivity index (χ0v) is 12.5. The maximum absolute atomic E-state index is 11.9. The summed E-state index contributed by atoms with van der Waals surface area (Å²) >= 11 is 5.97. The molecule has 112 valence electrons. The monoisotopic (exact) mass is 310 g/mol. The summed E-state index contributed by atoms with van der Waals surface area (Å²) in [5, 5.41) is 5.28. The number of aromatic nitrogens is 2. The molecular weight excluding hydrogens is 296 g/mol. The van der Waals surface area contributed by atoms with E-state index in [2.05, 4.69) is 5.10 Å². The standard InChI is InChI=1S/C14H15ClN2O4/c1-3-20-13(18)8-11-10-7-9(15)5-6-12(10)17(16-11)14(19)21-4-2/h5-7H,3-4,8H2,1-2H3. The minimum Gasteiger partial charge on any atom is -0.466 e. The lowest BCUT2D eigenvalue weighted by Gasteiger charge is -2.01. The summed E-state index contributed by atoms with van der Waals surface area (Å²) in [5.74, 6) is -0.409. The van der Waals surface area contributed by atoms with Crippen LogP contribution in [0.4, 0.5) is 4.79 Å². The zero-order valence-electron chi connectivity index (χ0n) is 11.8. The number of benzene rings is 1. The van der Waals surface area contributed by atoms with Crippen LogP contribution in [0.15, 0.2) is 18.2 Å². The average molecular weight is 311 g/mol. The van der Waals surface area contributed by atoms with E-state index in [1.807, 2.05) is 0 Å². The normalized spacial score (nSPS) is 10.6. The second kappa shape index (κ2) is 6.58. The summed E-state index contributed by atoms with van der Waals surface area (Å²) in [4.78, 5) is 23.5. The molecule has 0 aliphatic heterocycles. The van der Waals surface area contributed by atoms with E-state index in [9.17, 15) is 9.59 Å². The summed E-state index contributed by atoms with van der Waals surface area (Å²) < 4.78 is 11.0. The van der Waals surface area contributed by atoms with Crippen LogP contribution in [0.3, 0.4) is 0 Å². The first kappa shape index (κ1) is 15.3. The van der Waals surface area contributed by atoms with Crippen molar-refractivity contribution in [3.05, 3.63) is 28.9 Å². The van der Waals surface area contributed by atoms with Crippen molar-refractivity contribution in [2.75, 3.05) is 13.2 Å². The maximum Gasteiger partial charge on any atom is 0.435 e. The smallest absolute Gasteiger partial charge is 0.435 e. The average Bonchev–Trinajstić information content (AvgIpc) is 2.77. The van der Waals surface area contributed by atoms with E-state index in [0.29, 0.717) is 21.6 Å². The van der Waals surface area contributed by atoms with E-state index in [-0.39, 0.29) is 19.6 Å². The molecule has 1 aromatic carbocycles. The predicted octanol–water partition coefficient (Wildman–Crippen LogP) is 2.80. The van der Waals surface area contributed by atoms with Crippen molar-refractivity contribution in [3.63, 3.8) is 0 Å². The highest BCUT2D eigenvalue weighted by atomic mass is 35.5. The van der Waals surface area contributed by atoms with E-state index >= 15 is 0 Å². The molecule has 0 spiro atoms. The van der Waals surface area contributed by atoms with Crippen molar-refractivity contribution in [2.24, 2.45) is 0 Å². The van der Waals surface area contributed by atoms with E-state index < -0.39 is 12.1 Å². The number of ether oxygens (including phenoxy) is 2. The van der Waals surface area contributed by atoms with Gasteiger partial charge < -0.3 is 9.47 Å². The molecule has 0 unspecified atom stereocenters. The van der Waals surface area contributed by atoms with E-state index in [1.54, 1.807) is 32.0 Å². The fraction of sp³-hybridized carbons (Fsp3) is 0.357. The van der Waals surface area contributed by atoms with Gasteiger partial charge in [-0.15, -0.1) is 0 Å². The molecule has 1 aromatic heterocycles. The molecule has 2 rings (SSSR count). The van der Waals surface area contributed by atoms with E-state index in [1.165, 1.54) is 0 Å². The Hall–Kier alpha value is -2.08. The van der Waals surface area contributed by atoms with Crippen LogP contribution in [0.25, 0.3) is 10.9 Å². The van der Waals surface area contributed by atoms with Gasteiger partial charge in [0.25, 0.3) is 0 Å². The number of rotatable bonds is 4. The second-order valence-corrected chi connectivity index (χ2v) is 4.64. The Morgan fingerprint density at radius 3 is 2.62 bits per heavy atom. The first-order valence-electron chi connectivity index (χ1n) is 6.56. The van der Waals surface area contributed by atoms with E-state index in [0.717, 1.165) is 4.68 Å². The van der Waals surface area contributed by atoms with Crippen molar-refractivity contribution in [1.82, 2.24) is 9.78 Å². The third kappa shape index (κ3) is 3.33. The minimum absolute atomic E-state index is 0.0307.